The van der Waals surface area contributed by atoms with Gasteiger partial charge in [-0.1, -0.05) is 59.8 Å². The van der Waals surface area contributed by atoms with Gasteiger partial charge in [-0.05, 0) is 55.2 Å². The van der Waals surface area contributed by atoms with Gasteiger partial charge in [0, 0.05) is 17.8 Å². The predicted molar refractivity (Wildman–Crippen MR) is 131 cm³/mol. The number of urea groups is 1. The predicted octanol–water partition coefficient (Wildman–Crippen LogP) is 6.15. The van der Waals surface area contributed by atoms with E-state index in [0.717, 1.165) is 12.8 Å². The molecule has 1 aliphatic rings. The summed E-state index contributed by atoms with van der Waals surface area (Å²) in [7, 11) is 0. The first-order chi connectivity index (χ1) is 17.5. The zero-order chi connectivity index (χ0) is 25.1. The van der Waals surface area contributed by atoms with Gasteiger partial charge in [0.25, 0.3) is 5.89 Å². The Morgan fingerprint density at radius 3 is 2.50 bits per heavy atom. The molecule has 0 saturated heterocycles. The summed E-state index contributed by atoms with van der Waals surface area (Å²) in [6.07, 6.45) is 1.57. The molecule has 1 atom stereocenters. The maximum Gasteiger partial charge on any atom is 0.322 e. The van der Waals surface area contributed by atoms with Gasteiger partial charge in [0.1, 0.15) is 11.6 Å². The average Bonchev–Trinajstić information content (AvgIpc) is 3.37. The SMILES string of the molecule is CC1=C(c2nc(-c3cccc(F)c3)no2)C(c2ccc(F)cc2)NC(=O)N1CCCc1ccccc1. The van der Waals surface area contributed by atoms with Crippen molar-refractivity contribution >= 4 is 11.6 Å². The Kier molecular flexibility index (Phi) is 6.58. The van der Waals surface area contributed by atoms with E-state index in [1.54, 1.807) is 29.2 Å². The maximum atomic E-state index is 13.7. The molecule has 8 heteroatoms. The maximum absolute atomic E-state index is 13.7. The molecule has 4 aromatic rings. The standard InChI is InChI=1S/C28H24F2N4O2/c1-18-24(27-32-26(33-36-27)21-10-5-11-23(30)17-21)25(20-12-14-22(29)15-13-20)31-28(35)34(18)16-6-9-19-7-3-2-4-8-19/h2-5,7-8,10-15,17,25H,6,9,16H2,1H3,(H,31,35). The summed E-state index contributed by atoms with van der Waals surface area (Å²) in [4.78, 5) is 19.3. The van der Waals surface area contributed by atoms with Crippen LogP contribution in [-0.4, -0.2) is 27.6 Å². The number of allylic oxidation sites excluding steroid dienone is 1. The molecule has 36 heavy (non-hydrogen) atoms. The fourth-order valence-electron chi connectivity index (χ4n) is 4.40. The quantitative estimate of drug-likeness (QED) is 0.340. The van der Waals surface area contributed by atoms with Crippen molar-refractivity contribution in [3.05, 3.63) is 113 Å². The summed E-state index contributed by atoms with van der Waals surface area (Å²) in [5.74, 6) is -0.353. The molecular formula is C28H24F2N4O2. The molecule has 5 rings (SSSR count). The Labute approximate surface area is 207 Å². The van der Waals surface area contributed by atoms with Gasteiger partial charge >= 0.3 is 6.03 Å². The van der Waals surface area contributed by atoms with Crippen molar-refractivity contribution < 1.29 is 18.1 Å². The number of hydrogen-bond donors (Lipinski definition) is 1. The van der Waals surface area contributed by atoms with E-state index in [-0.39, 0.29) is 23.6 Å². The summed E-state index contributed by atoms with van der Waals surface area (Å²) in [6, 6.07) is 21.0. The van der Waals surface area contributed by atoms with E-state index in [1.807, 2.05) is 25.1 Å². The lowest BCUT2D eigenvalue weighted by Gasteiger charge is -2.35. The number of carbonyl (C=O) groups excluding carboxylic acids is 1. The van der Waals surface area contributed by atoms with Crippen LogP contribution in [0.3, 0.4) is 0 Å². The van der Waals surface area contributed by atoms with Gasteiger partial charge in [-0.25, -0.2) is 13.6 Å². The van der Waals surface area contributed by atoms with E-state index >= 15 is 0 Å². The van der Waals surface area contributed by atoms with E-state index < -0.39 is 11.9 Å². The minimum Gasteiger partial charge on any atom is -0.334 e. The molecule has 1 aromatic heterocycles. The van der Waals surface area contributed by atoms with Crippen LogP contribution >= 0.6 is 0 Å². The third-order valence-electron chi connectivity index (χ3n) is 6.23. The molecule has 0 aliphatic carbocycles. The zero-order valence-corrected chi connectivity index (χ0v) is 19.6. The highest BCUT2D eigenvalue weighted by Crippen LogP contribution is 2.37. The molecule has 1 aliphatic heterocycles. The van der Waals surface area contributed by atoms with Crippen LogP contribution in [0.15, 0.2) is 89.1 Å². The number of halogens is 2. The third-order valence-corrected chi connectivity index (χ3v) is 6.23. The monoisotopic (exact) mass is 486 g/mol. The van der Waals surface area contributed by atoms with Gasteiger partial charge in [0.15, 0.2) is 0 Å². The van der Waals surface area contributed by atoms with Crippen LogP contribution in [0.25, 0.3) is 17.0 Å². The molecule has 182 valence electrons. The zero-order valence-electron chi connectivity index (χ0n) is 19.6. The van der Waals surface area contributed by atoms with Crippen molar-refractivity contribution in [2.24, 2.45) is 0 Å². The highest BCUT2D eigenvalue weighted by molar-refractivity contribution is 5.86. The number of nitrogens with one attached hydrogen (secondary N) is 1. The van der Waals surface area contributed by atoms with Crippen LogP contribution in [0.2, 0.25) is 0 Å². The second-order valence-corrected chi connectivity index (χ2v) is 8.61. The largest absolute Gasteiger partial charge is 0.334 e. The molecule has 3 aromatic carbocycles. The van der Waals surface area contributed by atoms with E-state index in [4.69, 9.17) is 4.52 Å². The number of aromatic nitrogens is 2. The van der Waals surface area contributed by atoms with Crippen LogP contribution in [0.1, 0.15) is 36.4 Å². The minimum absolute atomic E-state index is 0.203. The fourth-order valence-corrected chi connectivity index (χ4v) is 4.40. The van der Waals surface area contributed by atoms with Crippen LogP contribution in [0.5, 0.6) is 0 Å². The second-order valence-electron chi connectivity index (χ2n) is 8.61. The van der Waals surface area contributed by atoms with Crippen molar-refractivity contribution in [2.75, 3.05) is 6.54 Å². The number of hydrogen-bond acceptors (Lipinski definition) is 4. The summed E-state index contributed by atoms with van der Waals surface area (Å²) >= 11 is 0. The summed E-state index contributed by atoms with van der Waals surface area (Å²) in [6.45, 7) is 2.32. The molecule has 6 nitrogen and oxygen atoms in total. The molecule has 0 radical (unpaired) electrons. The Bertz CT molecular complexity index is 1400. The molecule has 1 unspecified atom stereocenters. The van der Waals surface area contributed by atoms with Crippen molar-refractivity contribution in [1.82, 2.24) is 20.4 Å². The van der Waals surface area contributed by atoms with Gasteiger partial charge in [-0.2, -0.15) is 4.98 Å². The number of amides is 2. The van der Waals surface area contributed by atoms with Crippen molar-refractivity contribution in [1.29, 1.82) is 0 Å². The van der Waals surface area contributed by atoms with Gasteiger partial charge in [0.2, 0.25) is 5.82 Å². The minimum atomic E-state index is -0.621. The number of rotatable bonds is 7. The Hall–Kier alpha value is -4.33. The molecule has 0 fully saturated rings. The Balaban J connectivity index is 1.49. The van der Waals surface area contributed by atoms with Crippen LogP contribution < -0.4 is 5.32 Å². The van der Waals surface area contributed by atoms with Crippen molar-refractivity contribution in [3.63, 3.8) is 0 Å². The molecule has 2 heterocycles. The highest BCUT2D eigenvalue weighted by Gasteiger charge is 2.35. The molecule has 1 N–H and O–H groups in total. The summed E-state index contributed by atoms with van der Waals surface area (Å²) in [5, 5.41) is 7.05. The van der Waals surface area contributed by atoms with Crippen LogP contribution in [0.4, 0.5) is 13.6 Å². The van der Waals surface area contributed by atoms with E-state index in [1.165, 1.54) is 29.8 Å². The van der Waals surface area contributed by atoms with Gasteiger partial charge in [-0.15, -0.1) is 0 Å². The summed E-state index contributed by atoms with van der Waals surface area (Å²) < 4.78 is 33.0. The number of carbonyl (C=O) groups is 1. The first-order valence-corrected chi connectivity index (χ1v) is 11.7. The first-order valence-electron chi connectivity index (χ1n) is 11.7. The molecule has 2 amide bonds. The molecule has 0 saturated carbocycles. The van der Waals surface area contributed by atoms with Crippen molar-refractivity contribution in [2.45, 2.75) is 25.8 Å². The summed E-state index contributed by atoms with van der Waals surface area (Å²) in [5.41, 5.74) is 3.61. The lowest BCUT2D eigenvalue weighted by Crippen LogP contribution is -2.46. The molecule has 0 spiro atoms. The number of benzene rings is 3. The third kappa shape index (κ3) is 4.88. The normalized spacial score (nSPS) is 15.8. The number of nitrogens with zero attached hydrogens (tertiary/aromatic N) is 3. The van der Waals surface area contributed by atoms with Crippen LogP contribution in [-0.2, 0) is 6.42 Å². The second kappa shape index (κ2) is 10.1. The van der Waals surface area contributed by atoms with E-state index in [0.29, 0.717) is 28.9 Å². The van der Waals surface area contributed by atoms with E-state index in [2.05, 4.69) is 27.6 Å². The fraction of sp³-hybridized carbons (Fsp3) is 0.179. The van der Waals surface area contributed by atoms with E-state index in [9.17, 15) is 13.6 Å². The average molecular weight is 487 g/mol. The first kappa shape index (κ1) is 23.4. The van der Waals surface area contributed by atoms with Crippen molar-refractivity contribution in [3.8, 4) is 11.4 Å². The smallest absolute Gasteiger partial charge is 0.322 e. The lowest BCUT2D eigenvalue weighted by molar-refractivity contribution is 0.204. The molecule has 0 bridgehead atoms. The Morgan fingerprint density at radius 2 is 1.75 bits per heavy atom. The topological polar surface area (TPSA) is 71.3 Å². The lowest BCUT2D eigenvalue weighted by atomic mass is 9.94. The van der Waals surface area contributed by atoms with Gasteiger partial charge < -0.3 is 9.84 Å². The van der Waals surface area contributed by atoms with Gasteiger partial charge in [0.05, 0.1) is 11.6 Å². The highest BCUT2D eigenvalue weighted by atomic mass is 19.1. The van der Waals surface area contributed by atoms with Crippen LogP contribution in [0, 0.1) is 11.6 Å². The van der Waals surface area contributed by atoms with Gasteiger partial charge in [-0.3, -0.25) is 4.90 Å². The number of aryl methyl sites for hydroxylation is 1. The molecular weight excluding hydrogens is 462 g/mol. The Morgan fingerprint density at radius 1 is 0.972 bits per heavy atom.